The van der Waals surface area contributed by atoms with E-state index in [4.69, 9.17) is 5.11 Å². The van der Waals surface area contributed by atoms with Gasteiger partial charge in [0.25, 0.3) is 5.91 Å². The predicted octanol–water partition coefficient (Wildman–Crippen LogP) is 5.80. The van der Waals surface area contributed by atoms with Crippen molar-refractivity contribution in [2.45, 2.75) is 57.9 Å². The highest BCUT2D eigenvalue weighted by atomic mass is 32.1. The summed E-state index contributed by atoms with van der Waals surface area (Å²) in [6.07, 6.45) is 9.03. The number of amides is 1. The molecule has 0 radical (unpaired) electrons. The van der Waals surface area contributed by atoms with Crippen LogP contribution in [0.2, 0.25) is 0 Å². The number of aryl methyl sites for hydroxylation is 1. The maximum Gasteiger partial charge on any atom is 0.305 e. The average molecular weight is 466 g/mol. The summed E-state index contributed by atoms with van der Waals surface area (Å²) in [4.78, 5) is 30.0. The fourth-order valence-electron chi connectivity index (χ4n) is 4.76. The van der Waals surface area contributed by atoms with E-state index in [0.717, 1.165) is 16.9 Å². The summed E-state index contributed by atoms with van der Waals surface area (Å²) >= 11 is 1.80. The molecular formula is C26H31N3O3S. The Labute approximate surface area is 198 Å². The van der Waals surface area contributed by atoms with Gasteiger partial charge in [0.2, 0.25) is 0 Å². The molecule has 1 unspecified atom stereocenters. The normalized spacial score (nSPS) is 15.3. The van der Waals surface area contributed by atoms with Gasteiger partial charge in [-0.3, -0.25) is 9.59 Å². The third kappa shape index (κ3) is 5.53. The Hall–Kier alpha value is -2.93. The van der Waals surface area contributed by atoms with E-state index in [-0.39, 0.29) is 24.9 Å². The Morgan fingerprint density at radius 2 is 1.91 bits per heavy atom. The number of pyridine rings is 1. The fraction of sp³-hybridized carbons (Fsp3) is 0.423. The largest absolute Gasteiger partial charge is 0.481 e. The lowest BCUT2D eigenvalue weighted by Gasteiger charge is -2.32. The molecule has 1 aliphatic rings. The average Bonchev–Trinajstić information content (AvgIpc) is 3.21. The molecule has 7 heteroatoms. The molecule has 6 nitrogen and oxygen atoms in total. The first-order valence-electron chi connectivity index (χ1n) is 11.8. The molecule has 2 heterocycles. The van der Waals surface area contributed by atoms with E-state index in [0.29, 0.717) is 11.5 Å². The van der Waals surface area contributed by atoms with Crippen molar-refractivity contribution in [3.8, 4) is 0 Å². The van der Waals surface area contributed by atoms with E-state index >= 15 is 0 Å². The summed E-state index contributed by atoms with van der Waals surface area (Å²) < 4.78 is 0. The number of hydrogen-bond donors (Lipinski definition) is 3. The molecule has 0 aliphatic heterocycles. The van der Waals surface area contributed by atoms with Crippen molar-refractivity contribution >= 4 is 39.1 Å². The summed E-state index contributed by atoms with van der Waals surface area (Å²) in [6.45, 7) is 2.34. The van der Waals surface area contributed by atoms with Gasteiger partial charge in [0.15, 0.2) is 0 Å². The summed E-state index contributed by atoms with van der Waals surface area (Å²) in [6, 6.07) is 11.9. The zero-order valence-electron chi connectivity index (χ0n) is 19.0. The van der Waals surface area contributed by atoms with Crippen molar-refractivity contribution in [1.29, 1.82) is 0 Å². The molecule has 0 spiro atoms. The molecule has 1 amide bonds. The molecule has 2 aromatic heterocycles. The van der Waals surface area contributed by atoms with Crippen LogP contribution in [0.1, 0.15) is 72.3 Å². The molecule has 3 N–H and O–H groups in total. The van der Waals surface area contributed by atoms with Crippen LogP contribution in [0.3, 0.4) is 0 Å². The first-order valence-corrected chi connectivity index (χ1v) is 12.6. The van der Waals surface area contributed by atoms with Gasteiger partial charge in [-0.25, -0.2) is 4.98 Å². The van der Waals surface area contributed by atoms with Crippen LogP contribution < -0.4 is 10.6 Å². The van der Waals surface area contributed by atoms with Gasteiger partial charge in [0.05, 0.1) is 12.5 Å². The highest BCUT2D eigenvalue weighted by molar-refractivity contribution is 7.19. The molecule has 33 heavy (non-hydrogen) atoms. The van der Waals surface area contributed by atoms with Crippen LogP contribution in [0.15, 0.2) is 42.6 Å². The van der Waals surface area contributed by atoms with Crippen LogP contribution >= 0.6 is 11.3 Å². The molecule has 174 valence electrons. The molecule has 1 saturated carbocycles. The Morgan fingerprint density at radius 1 is 1.15 bits per heavy atom. The highest BCUT2D eigenvalue weighted by Gasteiger charge is 2.29. The van der Waals surface area contributed by atoms with E-state index in [1.54, 1.807) is 23.5 Å². The number of carboxylic acid groups (broad SMARTS) is 1. The highest BCUT2D eigenvalue weighted by Crippen LogP contribution is 2.43. The third-order valence-electron chi connectivity index (χ3n) is 6.45. The second-order valence-corrected chi connectivity index (χ2v) is 9.68. The number of carbonyl (C=O) groups is 2. The number of carboxylic acids is 1. The number of fused-ring (bicyclic) bond motifs is 1. The van der Waals surface area contributed by atoms with Crippen molar-refractivity contribution in [2.24, 2.45) is 5.92 Å². The van der Waals surface area contributed by atoms with Gasteiger partial charge >= 0.3 is 5.97 Å². The number of nitrogens with zero attached hydrogens (tertiary/aromatic N) is 1. The zero-order chi connectivity index (χ0) is 23.2. The van der Waals surface area contributed by atoms with Crippen molar-refractivity contribution in [2.75, 3.05) is 11.9 Å². The van der Waals surface area contributed by atoms with E-state index in [1.165, 1.54) is 47.9 Å². The Bertz CT molecular complexity index is 1100. The number of nitrogens with one attached hydrogen (secondary N) is 2. The number of rotatable bonds is 9. The maximum atomic E-state index is 12.3. The second kappa shape index (κ2) is 10.8. The van der Waals surface area contributed by atoms with Crippen LogP contribution in [0, 0.1) is 5.92 Å². The first-order chi connectivity index (χ1) is 16.1. The van der Waals surface area contributed by atoms with Gasteiger partial charge in [-0.05, 0) is 61.1 Å². The number of thiophene rings is 1. The predicted molar refractivity (Wildman–Crippen MR) is 133 cm³/mol. The molecular weight excluding hydrogens is 434 g/mol. The van der Waals surface area contributed by atoms with Crippen LogP contribution in [0.5, 0.6) is 0 Å². The van der Waals surface area contributed by atoms with Crippen molar-refractivity contribution in [1.82, 2.24) is 10.3 Å². The van der Waals surface area contributed by atoms with Gasteiger partial charge in [-0.2, -0.15) is 0 Å². The molecule has 1 fully saturated rings. The molecule has 0 saturated heterocycles. The zero-order valence-corrected chi connectivity index (χ0v) is 19.8. The van der Waals surface area contributed by atoms with E-state index in [9.17, 15) is 9.59 Å². The summed E-state index contributed by atoms with van der Waals surface area (Å²) in [5.41, 5.74) is 2.90. The van der Waals surface area contributed by atoms with Crippen molar-refractivity contribution in [3.63, 3.8) is 0 Å². The fourth-order valence-corrected chi connectivity index (χ4v) is 6.14. The number of benzene rings is 1. The van der Waals surface area contributed by atoms with Crippen molar-refractivity contribution in [3.05, 3.63) is 58.6 Å². The van der Waals surface area contributed by atoms with Gasteiger partial charge in [-0.15, -0.1) is 11.3 Å². The Morgan fingerprint density at radius 3 is 2.61 bits per heavy atom. The van der Waals surface area contributed by atoms with Gasteiger partial charge in [-0.1, -0.05) is 32.3 Å². The van der Waals surface area contributed by atoms with Crippen LogP contribution in [-0.4, -0.2) is 28.5 Å². The second-order valence-electron chi connectivity index (χ2n) is 8.65. The minimum absolute atomic E-state index is 0.0851. The third-order valence-corrected chi connectivity index (χ3v) is 7.69. The minimum Gasteiger partial charge on any atom is -0.481 e. The van der Waals surface area contributed by atoms with Crippen molar-refractivity contribution < 1.29 is 14.7 Å². The molecule has 0 bridgehead atoms. The summed E-state index contributed by atoms with van der Waals surface area (Å²) in [7, 11) is 0. The molecule has 1 aliphatic carbocycles. The SMILES string of the molecule is CCc1c(C(Nc2ccc(C(=O)NCCC(=O)O)cc2)C2CCCCC2)sc2ncccc12. The molecule has 1 aromatic carbocycles. The smallest absolute Gasteiger partial charge is 0.305 e. The lowest BCUT2D eigenvalue weighted by atomic mass is 9.82. The monoisotopic (exact) mass is 465 g/mol. The summed E-state index contributed by atoms with van der Waals surface area (Å²) in [5, 5.41) is 16.5. The standard InChI is InChI=1S/C26H31N3O3S/c1-2-20-21-9-6-15-28-26(21)33-24(20)23(17-7-4-3-5-8-17)29-19-12-10-18(11-13-19)25(32)27-16-14-22(30)31/h6,9-13,15,17,23,29H,2-5,7-8,14,16H2,1H3,(H,27,32)(H,30,31). The topological polar surface area (TPSA) is 91.3 Å². The summed E-state index contributed by atoms with van der Waals surface area (Å²) in [5.74, 6) is -0.613. The maximum absolute atomic E-state index is 12.3. The van der Waals surface area contributed by atoms with Crippen LogP contribution in [-0.2, 0) is 11.2 Å². The number of aromatic nitrogens is 1. The lowest BCUT2D eigenvalue weighted by molar-refractivity contribution is -0.136. The first kappa shape index (κ1) is 23.2. The van der Waals surface area contributed by atoms with E-state index < -0.39 is 5.97 Å². The van der Waals surface area contributed by atoms with Crippen LogP contribution in [0.25, 0.3) is 10.2 Å². The minimum atomic E-state index is -0.925. The van der Waals surface area contributed by atoms with Gasteiger partial charge in [0, 0.05) is 34.3 Å². The Balaban J connectivity index is 1.57. The number of carbonyl (C=O) groups excluding carboxylic acids is 1. The van der Waals surface area contributed by atoms with Gasteiger partial charge in [0.1, 0.15) is 4.83 Å². The number of anilines is 1. The molecule has 3 aromatic rings. The Kier molecular flexibility index (Phi) is 7.60. The number of hydrogen-bond acceptors (Lipinski definition) is 5. The molecule has 1 atom stereocenters. The molecule has 4 rings (SSSR count). The quantitative estimate of drug-likeness (QED) is 0.372. The van der Waals surface area contributed by atoms with Crippen LogP contribution in [0.4, 0.5) is 5.69 Å². The van der Waals surface area contributed by atoms with E-state index in [2.05, 4.69) is 28.6 Å². The lowest BCUT2D eigenvalue weighted by Crippen LogP contribution is -2.26. The number of aliphatic carboxylic acids is 1. The van der Waals surface area contributed by atoms with Gasteiger partial charge < -0.3 is 15.7 Å². The van der Waals surface area contributed by atoms with E-state index in [1.807, 2.05) is 24.4 Å².